The summed E-state index contributed by atoms with van der Waals surface area (Å²) in [7, 11) is 0. The summed E-state index contributed by atoms with van der Waals surface area (Å²) in [5.41, 5.74) is 5.41. The molecule has 0 aliphatic heterocycles. The van der Waals surface area contributed by atoms with Crippen molar-refractivity contribution in [3.63, 3.8) is 0 Å². The lowest BCUT2D eigenvalue weighted by Gasteiger charge is -2.14. The Balaban J connectivity index is 2.70. The summed E-state index contributed by atoms with van der Waals surface area (Å²) in [6.07, 6.45) is 0. The third kappa shape index (κ3) is 2.42. The molecule has 0 aliphatic rings. The summed E-state index contributed by atoms with van der Waals surface area (Å²) in [4.78, 5) is 23.3. The van der Waals surface area contributed by atoms with Gasteiger partial charge in [0, 0.05) is 11.1 Å². The molecule has 2 heteroatoms. The molecule has 2 aromatic carbocycles. The maximum absolute atomic E-state index is 11.7. The Morgan fingerprint density at radius 3 is 1.35 bits per heavy atom. The minimum absolute atomic E-state index is 0.0599. The van der Waals surface area contributed by atoms with Gasteiger partial charge in [-0.1, -0.05) is 36.4 Å². The van der Waals surface area contributed by atoms with Crippen LogP contribution in [0, 0.1) is 13.8 Å². The zero-order chi connectivity index (χ0) is 14.9. The predicted molar refractivity (Wildman–Crippen MR) is 81.4 cm³/mol. The van der Waals surface area contributed by atoms with Crippen LogP contribution in [-0.4, -0.2) is 11.6 Å². The van der Waals surface area contributed by atoms with E-state index in [1.165, 1.54) is 0 Å². The van der Waals surface area contributed by atoms with Crippen molar-refractivity contribution in [3.8, 4) is 11.1 Å². The lowest BCUT2D eigenvalue weighted by atomic mass is 9.90. The number of carbonyl (C=O) groups excluding carboxylic acids is 2. The Bertz CT molecular complexity index is 635. The van der Waals surface area contributed by atoms with Gasteiger partial charge in [-0.05, 0) is 49.9 Å². The van der Waals surface area contributed by atoms with Gasteiger partial charge in [0.2, 0.25) is 0 Å². The molecule has 0 spiro atoms. The second-order valence-corrected chi connectivity index (χ2v) is 5.07. The van der Waals surface area contributed by atoms with E-state index in [1.54, 1.807) is 13.8 Å². The fourth-order valence-electron chi connectivity index (χ4n) is 2.62. The van der Waals surface area contributed by atoms with Crippen molar-refractivity contribution in [2.75, 3.05) is 0 Å². The van der Waals surface area contributed by atoms with Gasteiger partial charge in [0.05, 0.1) is 0 Å². The summed E-state index contributed by atoms with van der Waals surface area (Å²) in [5.74, 6) is 0.120. The topological polar surface area (TPSA) is 34.1 Å². The Labute approximate surface area is 119 Å². The first-order valence-electron chi connectivity index (χ1n) is 6.65. The highest BCUT2D eigenvalue weighted by molar-refractivity contribution is 5.99. The summed E-state index contributed by atoms with van der Waals surface area (Å²) >= 11 is 0. The van der Waals surface area contributed by atoms with Gasteiger partial charge in [0.1, 0.15) is 0 Å². The first-order chi connectivity index (χ1) is 9.43. The normalized spacial score (nSPS) is 10.4. The molecule has 0 atom stereocenters. The highest BCUT2D eigenvalue weighted by Crippen LogP contribution is 2.30. The predicted octanol–water partition coefficient (Wildman–Crippen LogP) is 4.38. The Morgan fingerprint density at radius 2 is 1.05 bits per heavy atom. The Hall–Kier alpha value is -2.22. The molecule has 0 saturated carbocycles. The first kappa shape index (κ1) is 14.2. The van der Waals surface area contributed by atoms with Gasteiger partial charge < -0.3 is 0 Å². The third-order valence-electron chi connectivity index (χ3n) is 3.72. The number of Topliss-reactive ketones (excluding diaryl/α,β-unsaturated/α-hetero) is 2. The van der Waals surface area contributed by atoms with Crippen LogP contribution in [0.15, 0.2) is 36.4 Å². The zero-order valence-electron chi connectivity index (χ0n) is 12.3. The zero-order valence-corrected chi connectivity index (χ0v) is 12.3. The molecule has 2 nitrogen and oxygen atoms in total. The van der Waals surface area contributed by atoms with E-state index in [1.807, 2.05) is 50.2 Å². The molecule has 0 aliphatic carbocycles. The quantitative estimate of drug-likeness (QED) is 0.773. The van der Waals surface area contributed by atoms with Crippen LogP contribution >= 0.6 is 0 Å². The molecule has 20 heavy (non-hydrogen) atoms. The maximum atomic E-state index is 11.7. The van der Waals surface area contributed by atoms with Gasteiger partial charge >= 0.3 is 0 Å². The van der Waals surface area contributed by atoms with E-state index in [-0.39, 0.29) is 11.6 Å². The molecule has 2 aromatic rings. The first-order valence-corrected chi connectivity index (χ1v) is 6.65. The summed E-state index contributed by atoms with van der Waals surface area (Å²) in [5, 5.41) is 0. The molecular formula is C18H18O2. The van der Waals surface area contributed by atoms with E-state index >= 15 is 0 Å². The van der Waals surface area contributed by atoms with Crippen LogP contribution in [0.2, 0.25) is 0 Å². The Morgan fingerprint density at radius 1 is 0.700 bits per heavy atom. The van der Waals surface area contributed by atoms with Gasteiger partial charge in [0.15, 0.2) is 11.6 Å². The smallest absolute Gasteiger partial charge is 0.160 e. The lowest BCUT2D eigenvalue weighted by molar-refractivity contribution is 0.100. The molecule has 0 unspecified atom stereocenters. The van der Waals surface area contributed by atoms with Crippen molar-refractivity contribution in [1.29, 1.82) is 0 Å². The van der Waals surface area contributed by atoms with E-state index in [0.717, 1.165) is 33.4 Å². The number of ketones is 2. The minimum Gasteiger partial charge on any atom is -0.295 e. The van der Waals surface area contributed by atoms with Crippen molar-refractivity contribution in [1.82, 2.24) is 0 Å². The molecule has 102 valence electrons. The van der Waals surface area contributed by atoms with E-state index < -0.39 is 0 Å². The largest absolute Gasteiger partial charge is 0.295 e. The van der Waals surface area contributed by atoms with E-state index in [2.05, 4.69) is 0 Å². The summed E-state index contributed by atoms with van der Waals surface area (Å²) in [6.45, 7) is 7.05. The van der Waals surface area contributed by atoms with Crippen molar-refractivity contribution >= 4 is 11.6 Å². The lowest BCUT2D eigenvalue weighted by Crippen LogP contribution is -2.01. The highest BCUT2D eigenvalue weighted by Gasteiger charge is 2.13. The SMILES string of the molecule is CC(=O)c1cccc(-c2cccc(C(C)=O)c2C)c1C. The van der Waals surface area contributed by atoms with Crippen LogP contribution in [0.25, 0.3) is 11.1 Å². The van der Waals surface area contributed by atoms with Crippen LogP contribution < -0.4 is 0 Å². The number of hydrogen-bond acceptors (Lipinski definition) is 2. The number of hydrogen-bond donors (Lipinski definition) is 0. The molecule has 0 N–H and O–H groups in total. The monoisotopic (exact) mass is 266 g/mol. The number of rotatable bonds is 3. The maximum Gasteiger partial charge on any atom is 0.160 e. The summed E-state index contributed by atoms with van der Waals surface area (Å²) < 4.78 is 0. The van der Waals surface area contributed by atoms with Gasteiger partial charge in [-0.25, -0.2) is 0 Å². The van der Waals surface area contributed by atoms with Crippen LogP contribution in [0.4, 0.5) is 0 Å². The van der Waals surface area contributed by atoms with Crippen molar-refractivity contribution in [2.24, 2.45) is 0 Å². The highest BCUT2D eigenvalue weighted by atomic mass is 16.1. The standard InChI is InChI=1S/C18H18O2/c1-11-15(13(3)19)7-5-9-17(11)18-10-6-8-16(12(18)2)14(4)20/h5-10H,1-4H3. The van der Waals surface area contributed by atoms with Crippen LogP contribution in [0.5, 0.6) is 0 Å². The molecule has 0 aromatic heterocycles. The molecule has 0 saturated heterocycles. The fourth-order valence-corrected chi connectivity index (χ4v) is 2.62. The van der Waals surface area contributed by atoms with Crippen LogP contribution in [0.3, 0.4) is 0 Å². The molecule has 0 radical (unpaired) electrons. The molecular weight excluding hydrogens is 248 g/mol. The van der Waals surface area contributed by atoms with Gasteiger partial charge in [-0.2, -0.15) is 0 Å². The molecule has 0 amide bonds. The van der Waals surface area contributed by atoms with E-state index in [4.69, 9.17) is 0 Å². The molecule has 2 rings (SSSR count). The summed E-state index contributed by atoms with van der Waals surface area (Å²) in [6, 6.07) is 11.4. The van der Waals surface area contributed by atoms with Crippen molar-refractivity contribution < 1.29 is 9.59 Å². The van der Waals surface area contributed by atoms with Gasteiger partial charge in [-0.3, -0.25) is 9.59 Å². The molecule has 0 bridgehead atoms. The average molecular weight is 266 g/mol. The van der Waals surface area contributed by atoms with E-state index in [9.17, 15) is 9.59 Å². The third-order valence-corrected chi connectivity index (χ3v) is 3.72. The van der Waals surface area contributed by atoms with Crippen molar-refractivity contribution in [3.05, 3.63) is 58.7 Å². The average Bonchev–Trinajstić information content (AvgIpc) is 2.39. The Kier molecular flexibility index (Phi) is 3.84. The number of benzene rings is 2. The van der Waals surface area contributed by atoms with E-state index in [0.29, 0.717) is 0 Å². The second-order valence-electron chi connectivity index (χ2n) is 5.07. The van der Waals surface area contributed by atoms with Crippen molar-refractivity contribution in [2.45, 2.75) is 27.7 Å². The van der Waals surface area contributed by atoms with Crippen LogP contribution in [-0.2, 0) is 0 Å². The second kappa shape index (κ2) is 5.41. The molecule has 0 fully saturated rings. The molecule has 0 heterocycles. The van der Waals surface area contributed by atoms with Gasteiger partial charge in [0.25, 0.3) is 0 Å². The van der Waals surface area contributed by atoms with Crippen LogP contribution in [0.1, 0.15) is 45.7 Å². The fraction of sp³-hybridized carbons (Fsp3) is 0.222. The number of carbonyl (C=O) groups is 2. The van der Waals surface area contributed by atoms with Gasteiger partial charge in [-0.15, -0.1) is 0 Å². The minimum atomic E-state index is 0.0599.